The molecule has 0 aromatic heterocycles. The van der Waals surface area contributed by atoms with Crippen LogP contribution in [0.4, 0.5) is 0 Å². The molecule has 2 fully saturated rings. The monoisotopic (exact) mass is 253 g/mol. The van der Waals surface area contributed by atoms with Gasteiger partial charge in [-0.25, -0.2) is 0 Å². The van der Waals surface area contributed by atoms with E-state index >= 15 is 0 Å². The fourth-order valence-electron chi connectivity index (χ4n) is 2.80. The van der Waals surface area contributed by atoms with Crippen LogP contribution in [0.25, 0.3) is 0 Å². The molecule has 2 aliphatic rings. The lowest BCUT2D eigenvalue weighted by atomic mass is 9.86. The largest absolute Gasteiger partial charge is 0.381 e. The summed E-state index contributed by atoms with van der Waals surface area (Å²) in [5.41, 5.74) is 0. The Morgan fingerprint density at radius 1 is 0.944 bits per heavy atom. The van der Waals surface area contributed by atoms with E-state index in [1.807, 2.05) is 0 Å². The lowest BCUT2D eigenvalue weighted by Crippen LogP contribution is -2.35. The maximum absolute atomic E-state index is 5.82. The highest BCUT2D eigenvalue weighted by atomic mass is 16.5. The van der Waals surface area contributed by atoms with Crippen LogP contribution in [0.3, 0.4) is 0 Å². The van der Waals surface area contributed by atoms with Crippen LogP contribution in [0.2, 0.25) is 0 Å². The zero-order chi connectivity index (χ0) is 12.8. The third-order valence-electron chi connectivity index (χ3n) is 4.41. The maximum atomic E-state index is 5.82. The van der Waals surface area contributed by atoms with E-state index < -0.39 is 0 Å². The fraction of sp³-hybridized carbons (Fsp3) is 1.00. The molecule has 1 N–H and O–H groups in total. The summed E-state index contributed by atoms with van der Waals surface area (Å²) in [5.74, 6) is 2.58. The molecule has 0 saturated heterocycles. The van der Waals surface area contributed by atoms with Gasteiger partial charge in [0, 0.05) is 19.3 Å². The number of nitrogens with one attached hydrogen (secondary N) is 1. The second-order valence-electron chi connectivity index (χ2n) is 6.84. The quantitative estimate of drug-likeness (QED) is 0.713. The molecule has 2 aliphatic carbocycles. The van der Waals surface area contributed by atoms with E-state index in [1.54, 1.807) is 0 Å². The molecule has 2 saturated carbocycles. The predicted octanol–water partition coefficient (Wildman–Crippen LogP) is 3.61. The maximum Gasteiger partial charge on any atom is 0.0494 e. The van der Waals surface area contributed by atoms with Crippen molar-refractivity contribution in [3.63, 3.8) is 0 Å². The highest BCUT2D eigenvalue weighted by molar-refractivity contribution is 4.78. The number of rotatable bonds is 8. The topological polar surface area (TPSA) is 21.3 Å². The third kappa shape index (κ3) is 5.71. The average molecular weight is 253 g/mol. The van der Waals surface area contributed by atoms with E-state index in [4.69, 9.17) is 4.74 Å². The van der Waals surface area contributed by atoms with Gasteiger partial charge in [-0.15, -0.1) is 0 Å². The summed E-state index contributed by atoms with van der Waals surface area (Å²) in [7, 11) is 0. The summed E-state index contributed by atoms with van der Waals surface area (Å²) >= 11 is 0. The van der Waals surface area contributed by atoms with E-state index in [2.05, 4.69) is 19.2 Å². The van der Waals surface area contributed by atoms with Crippen LogP contribution in [-0.2, 0) is 4.74 Å². The van der Waals surface area contributed by atoms with E-state index in [-0.39, 0.29) is 0 Å². The predicted molar refractivity (Wildman–Crippen MR) is 76.7 cm³/mol. The van der Waals surface area contributed by atoms with Crippen LogP contribution in [0.1, 0.15) is 58.8 Å². The van der Waals surface area contributed by atoms with E-state index in [1.165, 1.54) is 51.5 Å². The summed E-state index contributed by atoms with van der Waals surface area (Å²) in [5, 5.41) is 3.72. The Bertz CT molecular complexity index is 201. The molecule has 0 atom stereocenters. The molecule has 0 bridgehead atoms. The molecule has 0 spiro atoms. The summed E-state index contributed by atoms with van der Waals surface area (Å²) in [6, 6.07) is 0.781. The van der Waals surface area contributed by atoms with Crippen molar-refractivity contribution >= 4 is 0 Å². The lowest BCUT2D eigenvalue weighted by Gasteiger charge is -2.29. The van der Waals surface area contributed by atoms with Crippen LogP contribution in [-0.4, -0.2) is 25.8 Å². The van der Waals surface area contributed by atoms with Crippen molar-refractivity contribution in [3.05, 3.63) is 0 Å². The van der Waals surface area contributed by atoms with Gasteiger partial charge >= 0.3 is 0 Å². The van der Waals surface area contributed by atoms with Crippen LogP contribution in [0, 0.1) is 17.8 Å². The number of hydrogen-bond donors (Lipinski definition) is 1. The SMILES string of the molecule is CC(C)CCN[C@H]1CC[C@H](COCC2CC2)CC1. The molecule has 0 radical (unpaired) electrons. The third-order valence-corrected chi connectivity index (χ3v) is 4.41. The second kappa shape index (κ2) is 7.49. The minimum absolute atomic E-state index is 0.781. The van der Waals surface area contributed by atoms with Gasteiger partial charge in [0.25, 0.3) is 0 Å². The Balaban J connectivity index is 1.47. The Morgan fingerprint density at radius 3 is 2.00 bits per heavy atom. The molecule has 0 amide bonds. The molecule has 18 heavy (non-hydrogen) atoms. The lowest BCUT2D eigenvalue weighted by molar-refractivity contribution is 0.0740. The highest BCUT2D eigenvalue weighted by Gasteiger charge is 2.24. The van der Waals surface area contributed by atoms with Gasteiger partial charge in [-0.2, -0.15) is 0 Å². The molecular weight excluding hydrogens is 222 g/mol. The summed E-state index contributed by atoms with van der Waals surface area (Å²) in [6.45, 7) is 7.86. The zero-order valence-electron chi connectivity index (χ0n) is 12.3. The molecule has 0 aromatic rings. The van der Waals surface area contributed by atoms with Gasteiger partial charge in [0.1, 0.15) is 0 Å². The Hall–Kier alpha value is -0.0800. The second-order valence-corrected chi connectivity index (χ2v) is 6.84. The first kappa shape index (κ1) is 14.3. The van der Waals surface area contributed by atoms with Gasteiger partial charge in [0.15, 0.2) is 0 Å². The highest BCUT2D eigenvalue weighted by Crippen LogP contribution is 2.30. The van der Waals surface area contributed by atoms with Gasteiger partial charge in [-0.3, -0.25) is 0 Å². The van der Waals surface area contributed by atoms with E-state index in [9.17, 15) is 0 Å². The van der Waals surface area contributed by atoms with Gasteiger partial charge in [-0.1, -0.05) is 13.8 Å². The number of ether oxygens (including phenoxy) is 1. The average Bonchev–Trinajstić information content (AvgIpc) is 3.15. The Kier molecular flexibility index (Phi) is 5.97. The van der Waals surface area contributed by atoms with Crippen molar-refractivity contribution in [1.29, 1.82) is 0 Å². The zero-order valence-corrected chi connectivity index (χ0v) is 12.3. The van der Waals surface area contributed by atoms with E-state index in [0.717, 1.165) is 37.0 Å². The van der Waals surface area contributed by atoms with Crippen LogP contribution >= 0.6 is 0 Å². The van der Waals surface area contributed by atoms with Crippen molar-refractivity contribution in [3.8, 4) is 0 Å². The van der Waals surface area contributed by atoms with Crippen molar-refractivity contribution in [2.24, 2.45) is 17.8 Å². The first-order chi connectivity index (χ1) is 8.74. The first-order valence-electron chi connectivity index (χ1n) is 8.05. The molecule has 0 aromatic carbocycles. The Morgan fingerprint density at radius 2 is 1.50 bits per heavy atom. The van der Waals surface area contributed by atoms with Crippen LogP contribution < -0.4 is 5.32 Å². The molecule has 2 rings (SSSR count). The smallest absolute Gasteiger partial charge is 0.0494 e. The summed E-state index contributed by atoms with van der Waals surface area (Å²) in [6.07, 6.45) is 9.57. The summed E-state index contributed by atoms with van der Waals surface area (Å²) < 4.78 is 5.82. The van der Waals surface area contributed by atoms with Gasteiger partial charge < -0.3 is 10.1 Å². The van der Waals surface area contributed by atoms with Crippen molar-refractivity contribution < 1.29 is 4.74 Å². The van der Waals surface area contributed by atoms with Crippen molar-refractivity contribution in [2.45, 2.75) is 64.8 Å². The molecule has 106 valence electrons. The molecule has 0 aliphatic heterocycles. The molecule has 2 nitrogen and oxygen atoms in total. The minimum Gasteiger partial charge on any atom is -0.381 e. The normalized spacial score (nSPS) is 28.8. The molecule has 2 heteroatoms. The number of hydrogen-bond acceptors (Lipinski definition) is 2. The molecule has 0 unspecified atom stereocenters. The van der Waals surface area contributed by atoms with Gasteiger partial charge in [0.2, 0.25) is 0 Å². The first-order valence-corrected chi connectivity index (χ1v) is 8.05. The Labute approximate surface area is 113 Å². The van der Waals surface area contributed by atoms with E-state index in [0.29, 0.717) is 0 Å². The summed E-state index contributed by atoms with van der Waals surface area (Å²) in [4.78, 5) is 0. The van der Waals surface area contributed by atoms with Crippen LogP contribution in [0.15, 0.2) is 0 Å². The van der Waals surface area contributed by atoms with Gasteiger partial charge in [-0.05, 0) is 69.2 Å². The fourth-order valence-corrected chi connectivity index (χ4v) is 2.80. The minimum atomic E-state index is 0.781. The molecule has 0 heterocycles. The molecular formula is C16H31NO. The van der Waals surface area contributed by atoms with Crippen LogP contribution in [0.5, 0.6) is 0 Å². The standard InChI is InChI=1S/C16H31NO/c1-13(2)9-10-17-16-7-5-15(6-8-16)12-18-11-14-3-4-14/h13-17H,3-12H2,1-2H3/t15-,16-. The van der Waals surface area contributed by atoms with Gasteiger partial charge in [0.05, 0.1) is 0 Å². The van der Waals surface area contributed by atoms with Crippen molar-refractivity contribution in [1.82, 2.24) is 5.32 Å². The van der Waals surface area contributed by atoms with Crippen molar-refractivity contribution in [2.75, 3.05) is 19.8 Å².